The van der Waals surface area contributed by atoms with Crippen LogP contribution in [0.15, 0.2) is 18.2 Å². The molecule has 0 spiro atoms. The molecule has 2 aromatic heterocycles. The van der Waals surface area contributed by atoms with Crippen molar-refractivity contribution >= 4 is 38.8 Å². The summed E-state index contributed by atoms with van der Waals surface area (Å²) in [4.78, 5) is 16.0. The number of nitrogens with one attached hydrogen (secondary N) is 1. The van der Waals surface area contributed by atoms with E-state index in [9.17, 15) is 18.7 Å². The normalized spacial score (nSPS) is 18.2. The molecular formula is C24H28F2N4O2S. The first-order valence-corrected chi connectivity index (χ1v) is 12.4. The molecular weight excluding hydrogens is 446 g/mol. The molecule has 1 aliphatic heterocycles. The average Bonchev–Trinajstić information content (AvgIpc) is 3.39. The quantitative estimate of drug-likeness (QED) is 0.531. The number of anilines is 2. The number of amides is 1. The van der Waals surface area contributed by atoms with E-state index in [-0.39, 0.29) is 11.4 Å². The van der Waals surface area contributed by atoms with E-state index >= 15 is 0 Å². The van der Waals surface area contributed by atoms with Gasteiger partial charge in [0.2, 0.25) is 0 Å². The number of benzene rings is 1. The molecule has 1 aliphatic carbocycles. The predicted molar refractivity (Wildman–Crippen MR) is 126 cm³/mol. The number of aliphatic hydroxyl groups is 1. The second-order valence-electron chi connectivity index (χ2n) is 9.08. The van der Waals surface area contributed by atoms with Crippen molar-refractivity contribution in [3.8, 4) is 0 Å². The Kier molecular flexibility index (Phi) is 6.09. The van der Waals surface area contributed by atoms with Crippen LogP contribution in [0.3, 0.4) is 0 Å². The number of halogens is 2. The molecule has 2 N–H and O–H groups in total. The largest absolute Gasteiger partial charge is 0.393 e. The van der Waals surface area contributed by atoms with Crippen molar-refractivity contribution in [1.29, 1.82) is 0 Å². The van der Waals surface area contributed by atoms with Crippen LogP contribution >= 0.6 is 11.3 Å². The van der Waals surface area contributed by atoms with Crippen LogP contribution in [0.25, 0.3) is 10.2 Å². The molecule has 1 amide bonds. The fourth-order valence-corrected chi connectivity index (χ4v) is 6.06. The maximum atomic E-state index is 14.8. The molecule has 5 rings (SSSR count). The van der Waals surface area contributed by atoms with Crippen molar-refractivity contribution in [2.75, 3.05) is 23.3 Å². The summed E-state index contributed by atoms with van der Waals surface area (Å²) in [6.45, 7) is 2.86. The van der Waals surface area contributed by atoms with Gasteiger partial charge in [-0.05, 0) is 50.8 Å². The Labute approximate surface area is 195 Å². The standard InChI is InChI=1S/C24H28F2N4O2S/c1-14-17-13-20(33-24(17)30(28-14)15-5-3-2-4-6-15)23(32)27-18-7-8-19(22(26)21(18)25)29-11-9-16(31)10-12-29/h7-8,13,15-16,31H,2-6,9-12H2,1H3,(H,27,32). The minimum absolute atomic E-state index is 0.155. The number of hydrogen-bond donors (Lipinski definition) is 2. The highest BCUT2D eigenvalue weighted by Gasteiger charge is 2.25. The Balaban J connectivity index is 1.36. The Morgan fingerprint density at radius 1 is 1.12 bits per heavy atom. The van der Waals surface area contributed by atoms with Crippen molar-refractivity contribution in [2.45, 2.75) is 64.0 Å². The Morgan fingerprint density at radius 2 is 1.85 bits per heavy atom. The van der Waals surface area contributed by atoms with Crippen LogP contribution in [0, 0.1) is 18.6 Å². The molecule has 3 aromatic rings. The number of carbonyl (C=O) groups excluding carboxylic acids is 1. The number of aliphatic hydroxyl groups excluding tert-OH is 1. The third-order valence-corrected chi connectivity index (χ3v) is 7.95. The fraction of sp³-hybridized carbons (Fsp3) is 0.500. The first kappa shape index (κ1) is 22.3. The van der Waals surface area contributed by atoms with Gasteiger partial charge in [-0.2, -0.15) is 5.10 Å². The van der Waals surface area contributed by atoms with Gasteiger partial charge in [0.25, 0.3) is 5.91 Å². The predicted octanol–water partition coefficient (Wildman–Crippen LogP) is 5.40. The number of hydrogen-bond acceptors (Lipinski definition) is 5. The van der Waals surface area contributed by atoms with E-state index in [0.717, 1.165) is 28.8 Å². The van der Waals surface area contributed by atoms with E-state index in [2.05, 4.69) is 10.00 Å². The van der Waals surface area contributed by atoms with Crippen molar-refractivity contribution < 1.29 is 18.7 Å². The molecule has 0 atom stereocenters. The van der Waals surface area contributed by atoms with Gasteiger partial charge in [-0.25, -0.2) is 8.78 Å². The minimum Gasteiger partial charge on any atom is -0.393 e. The molecule has 2 fully saturated rings. The Morgan fingerprint density at radius 3 is 2.58 bits per heavy atom. The summed E-state index contributed by atoms with van der Waals surface area (Å²) >= 11 is 1.34. The molecule has 1 aromatic carbocycles. The number of fused-ring (bicyclic) bond motifs is 1. The fourth-order valence-electron chi connectivity index (χ4n) is 4.93. The van der Waals surface area contributed by atoms with Gasteiger partial charge in [0.15, 0.2) is 11.6 Å². The van der Waals surface area contributed by atoms with Crippen molar-refractivity contribution in [2.24, 2.45) is 0 Å². The van der Waals surface area contributed by atoms with Gasteiger partial charge in [0, 0.05) is 18.5 Å². The van der Waals surface area contributed by atoms with Crippen molar-refractivity contribution in [3.63, 3.8) is 0 Å². The molecule has 6 nitrogen and oxygen atoms in total. The zero-order valence-corrected chi connectivity index (χ0v) is 19.4. The van der Waals surface area contributed by atoms with Gasteiger partial charge in [-0.1, -0.05) is 19.3 Å². The van der Waals surface area contributed by atoms with Gasteiger partial charge in [-0.3, -0.25) is 9.48 Å². The lowest BCUT2D eigenvalue weighted by Crippen LogP contribution is -2.36. The molecule has 9 heteroatoms. The van der Waals surface area contributed by atoms with Crippen molar-refractivity contribution in [1.82, 2.24) is 9.78 Å². The van der Waals surface area contributed by atoms with E-state index in [0.29, 0.717) is 36.9 Å². The van der Waals surface area contributed by atoms with Crippen molar-refractivity contribution in [3.05, 3.63) is 40.4 Å². The van der Waals surface area contributed by atoms with Crippen LogP contribution in [-0.4, -0.2) is 40.0 Å². The van der Waals surface area contributed by atoms with Crippen LogP contribution < -0.4 is 10.2 Å². The van der Waals surface area contributed by atoms with E-state index in [1.54, 1.807) is 11.0 Å². The summed E-state index contributed by atoms with van der Waals surface area (Å²) in [5, 5.41) is 17.8. The first-order valence-electron chi connectivity index (χ1n) is 11.6. The number of piperidine rings is 1. The molecule has 1 saturated carbocycles. The molecule has 0 unspecified atom stereocenters. The minimum atomic E-state index is -1.07. The number of rotatable bonds is 4. The summed E-state index contributed by atoms with van der Waals surface area (Å²) in [5.41, 5.74) is 0.850. The maximum absolute atomic E-state index is 14.8. The molecule has 3 heterocycles. The van der Waals surface area contributed by atoms with Gasteiger partial charge < -0.3 is 15.3 Å². The van der Waals surface area contributed by atoms with Gasteiger partial charge in [-0.15, -0.1) is 11.3 Å². The van der Waals surface area contributed by atoms with E-state index in [1.807, 2.05) is 6.92 Å². The summed E-state index contributed by atoms with van der Waals surface area (Å²) in [6.07, 6.45) is 6.42. The second kappa shape index (κ2) is 9.02. The van der Waals surface area contributed by atoms with Crippen LogP contribution in [0.1, 0.15) is 66.4 Å². The number of aromatic nitrogens is 2. The van der Waals surface area contributed by atoms with Gasteiger partial charge in [0.1, 0.15) is 4.83 Å². The van der Waals surface area contributed by atoms with Gasteiger partial charge >= 0.3 is 0 Å². The number of nitrogens with zero attached hydrogens (tertiary/aromatic N) is 3. The first-order chi connectivity index (χ1) is 15.9. The highest BCUT2D eigenvalue weighted by molar-refractivity contribution is 7.20. The monoisotopic (exact) mass is 474 g/mol. The highest BCUT2D eigenvalue weighted by Crippen LogP contribution is 2.36. The topological polar surface area (TPSA) is 70.4 Å². The molecule has 0 bridgehead atoms. The van der Waals surface area contributed by atoms with E-state index in [4.69, 9.17) is 5.10 Å². The lowest BCUT2D eigenvalue weighted by Gasteiger charge is -2.31. The Hall–Kier alpha value is -2.52. The number of thiophene rings is 1. The molecule has 0 radical (unpaired) electrons. The van der Waals surface area contributed by atoms with Crippen LogP contribution in [0.4, 0.5) is 20.2 Å². The highest BCUT2D eigenvalue weighted by atomic mass is 32.1. The zero-order valence-electron chi connectivity index (χ0n) is 18.6. The number of carbonyl (C=O) groups is 1. The molecule has 2 aliphatic rings. The SMILES string of the molecule is Cc1nn(C2CCCCC2)c2sc(C(=O)Nc3ccc(N4CCC(O)CC4)c(F)c3F)cc12. The summed E-state index contributed by atoms with van der Waals surface area (Å²) in [6, 6.07) is 5.03. The lowest BCUT2D eigenvalue weighted by molar-refractivity contribution is 0.103. The third-order valence-electron chi connectivity index (χ3n) is 6.83. The molecule has 176 valence electrons. The molecule has 1 saturated heterocycles. The van der Waals surface area contributed by atoms with Crippen LogP contribution in [0.2, 0.25) is 0 Å². The zero-order chi connectivity index (χ0) is 23.1. The number of aryl methyl sites for hydroxylation is 1. The second-order valence-corrected chi connectivity index (χ2v) is 10.1. The summed E-state index contributed by atoms with van der Waals surface area (Å²) in [5.74, 6) is -2.51. The average molecular weight is 475 g/mol. The van der Waals surface area contributed by atoms with E-state index < -0.39 is 23.6 Å². The molecule has 33 heavy (non-hydrogen) atoms. The van der Waals surface area contributed by atoms with Crippen LogP contribution in [0.5, 0.6) is 0 Å². The van der Waals surface area contributed by atoms with Crippen LogP contribution in [-0.2, 0) is 0 Å². The summed E-state index contributed by atoms with van der Waals surface area (Å²) < 4.78 is 31.6. The third kappa shape index (κ3) is 4.24. The maximum Gasteiger partial charge on any atom is 0.265 e. The lowest BCUT2D eigenvalue weighted by atomic mass is 9.96. The summed E-state index contributed by atoms with van der Waals surface area (Å²) in [7, 11) is 0. The smallest absolute Gasteiger partial charge is 0.265 e. The van der Waals surface area contributed by atoms with Gasteiger partial charge in [0.05, 0.1) is 34.1 Å². The van der Waals surface area contributed by atoms with E-state index in [1.165, 1.54) is 42.7 Å². The Bertz CT molecular complexity index is 1180.